The van der Waals surface area contributed by atoms with Crippen molar-refractivity contribution >= 4 is 5.91 Å². The monoisotopic (exact) mass is 379 g/mol. The molecule has 2 unspecified atom stereocenters. The molecule has 28 heavy (non-hydrogen) atoms. The van der Waals surface area contributed by atoms with Gasteiger partial charge in [0.15, 0.2) is 0 Å². The van der Waals surface area contributed by atoms with Gasteiger partial charge >= 0.3 is 0 Å². The van der Waals surface area contributed by atoms with Crippen molar-refractivity contribution < 1.29 is 14.3 Å². The Balaban J connectivity index is 1.43. The van der Waals surface area contributed by atoms with Crippen molar-refractivity contribution in [2.24, 2.45) is 5.92 Å². The van der Waals surface area contributed by atoms with Gasteiger partial charge in [-0.05, 0) is 61.1 Å². The zero-order chi connectivity index (χ0) is 19.5. The summed E-state index contributed by atoms with van der Waals surface area (Å²) in [7, 11) is 0. The topological polar surface area (TPSA) is 78.0 Å². The zero-order valence-corrected chi connectivity index (χ0v) is 15.4. The summed E-state index contributed by atoms with van der Waals surface area (Å²) in [5.74, 6) is 0.00999. The lowest BCUT2D eigenvalue weighted by atomic mass is 9.94. The summed E-state index contributed by atoms with van der Waals surface area (Å²) in [5, 5.41) is 20.0. The maximum atomic E-state index is 13.1. The summed E-state index contributed by atoms with van der Waals surface area (Å²) in [6.07, 6.45) is 3.84. The van der Waals surface area contributed by atoms with Gasteiger partial charge in [0.1, 0.15) is 17.3 Å². The van der Waals surface area contributed by atoms with Crippen molar-refractivity contribution in [2.75, 3.05) is 0 Å². The van der Waals surface area contributed by atoms with Crippen LogP contribution in [0.4, 0.5) is 4.39 Å². The summed E-state index contributed by atoms with van der Waals surface area (Å²) >= 11 is 0. The van der Waals surface area contributed by atoms with Crippen LogP contribution in [-0.2, 0) is 6.42 Å². The minimum absolute atomic E-state index is 0.0782. The molecule has 1 saturated carbocycles. The zero-order valence-electron chi connectivity index (χ0n) is 15.4. The molecule has 144 valence electrons. The van der Waals surface area contributed by atoms with Crippen LogP contribution in [0.15, 0.2) is 54.6 Å². The molecule has 1 fully saturated rings. The van der Waals surface area contributed by atoms with Crippen molar-refractivity contribution in [2.45, 2.75) is 31.7 Å². The largest absolute Gasteiger partial charge is 0.507 e. The van der Waals surface area contributed by atoms with Gasteiger partial charge in [-0.15, -0.1) is 0 Å². The Kier molecular flexibility index (Phi) is 5.10. The molecule has 6 heteroatoms. The Hall–Kier alpha value is -3.15. The molecule has 0 spiro atoms. The lowest BCUT2D eigenvalue weighted by Gasteiger charge is -2.20. The number of phenols is 1. The fourth-order valence-corrected chi connectivity index (χ4v) is 3.91. The van der Waals surface area contributed by atoms with Crippen molar-refractivity contribution in [3.63, 3.8) is 0 Å². The van der Waals surface area contributed by atoms with Crippen LogP contribution in [0.25, 0.3) is 11.3 Å². The number of nitrogens with one attached hydrogen (secondary N) is 2. The third-order valence-electron chi connectivity index (χ3n) is 5.39. The molecule has 5 nitrogen and oxygen atoms in total. The number of carbonyl (C=O) groups excluding carboxylic acids is 1. The first kappa shape index (κ1) is 18.2. The van der Waals surface area contributed by atoms with Crippen LogP contribution in [0.1, 0.15) is 35.3 Å². The number of aromatic amines is 1. The molecular weight excluding hydrogens is 357 g/mol. The van der Waals surface area contributed by atoms with Crippen LogP contribution in [0.2, 0.25) is 0 Å². The van der Waals surface area contributed by atoms with E-state index in [1.54, 1.807) is 36.4 Å². The second-order valence-electron chi connectivity index (χ2n) is 7.29. The van der Waals surface area contributed by atoms with Gasteiger partial charge in [-0.1, -0.05) is 30.7 Å². The van der Waals surface area contributed by atoms with Crippen LogP contribution >= 0.6 is 0 Å². The summed E-state index contributed by atoms with van der Waals surface area (Å²) in [6.45, 7) is 0. The summed E-state index contributed by atoms with van der Waals surface area (Å²) in [6, 6.07) is 15.2. The molecule has 1 aliphatic carbocycles. The standard InChI is InChI=1S/C22H22FN3O2/c23-16-10-8-14(9-11-16)12-15-4-3-6-18(15)24-22(28)20-13-19(25-26-20)17-5-1-2-7-21(17)27/h1-2,5,7-11,13,15,18,27H,3-4,6,12H2,(H,24,28)(H,25,26). The van der Waals surface area contributed by atoms with E-state index < -0.39 is 0 Å². The number of phenolic OH excluding ortho intramolecular Hbond substituents is 1. The van der Waals surface area contributed by atoms with Gasteiger partial charge in [0.25, 0.3) is 5.91 Å². The number of rotatable bonds is 5. The van der Waals surface area contributed by atoms with E-state index in [0.717, 1.165) is 31.2 Å². The molecular formula is C22H22FN3O2. The molecule has 0 bridgehead atoms. The number of benzene rings is 2. The Morgan fingerprint density at radius 3 is 2.75 bits per heavy atom. The van der Waals surface area contributed by atoms with Gasteiger partial charge in [0.2, 0.25) is 0 Å². The third-order valence-corrected chi connectivity index (χ3v) is 5.39. The molecule has 2 atom stereocenters. The van der Waals surface area contributed by atoms with Crippen molar-refractivity contribution in [1.29, 1.82) is 0 Å². The number of amides is 1. The number of aromatic hydroxyl groups is 1. The first-order valence-electron chi connectivity index (χ1n) is 9.49. The molecule has 1 aromatic heterocycles. The maximum Gasteiger partial charge on any atom is 0.269 e. The summed E-state index contributed by atoms with van der Waals surface area (Å²) < 4.78 is 13.1. The Morgan fingerprint density at radius 1 is 1.18 bits per heavy atom. The summed E-state index contributed by atoms with van der Waals surface area (Å²) in [5.41, 5.74) is 2.55. The fourth-order valence-electron chi connectivity index (χ4n) is 3.91. The van der Waals surface area contributed by atoms with Crippen molar-refractivity contribution in [3.8, 4) is 17.0 Å². The quantitative estimate of drug-likeness (QED) is 0.625. The average molecular weight is 379 g/mol. The minimum atomic E-state index is -0.237. The predicted molar refractivity (Wildman–Crippen MR) is 104 cm³/mol. The Bertz CT molecular complexity index is 968. The number of aromatic nitrogens is 2. The summed E-state index contributed by atoms with van der Waals surface area (Å²) in [4.78, 5) is 12.7. The lowest BCUT2D eigenvalue weighted by Crippen LogP contribution is -2.38. The molecule has 1 heterocycles. The van der Waals surface area contributed by atoms with E-state index in [1.807, 2.05) is 6.07 Å². The second-order valence-corrected chi connectivity index (χ2v) is 7.29. The van der Waals surface area contributed by atoms with Crippen LogP contribution in [0.5, 0.6) is 5.75 Å². The Labute approximate surface area is 162 Å². The molecule has 0 aliphatic heterocycles. The molecule has 1 amide bonds. The van der Waals surface area contributed by atoms with Crippen molar-refractivity contribution in [1.82, 2.24) is 15.5 Å². The fraction of sp³-hybridized carbons (Fsp3) is 0.273. The highest BCUT2D eigenvalue weighted by Crippen LogP contribution is 2.30. The number of para-hydroxylation sites is 1. The van der Waals surface area contributed by atoms with Gasteiger partial charge in [-0.3, -0.25) is 9.89 Å². The van der Waals surface area contributed by atoms with Crippen molar-refractivity contribution in [3.05, 3.63) is 71.7 Å². The normalized spacial score (nSPS) is 18.9. The molecule has 4 rings (SSSR count). The number of carbonyl (C=O) groups is 1. The molecule has 1 aliphatic rings. The van der Waals surface area contributed by atoms with Gasteiger partial charge < -0.3 is 10.4 Å². The van der Waals surface area contributed by atoms with E-state index in [-0.39, 0.29) is 23.5 Å². The predicted octanol–water partition coefficient (Wildman–Crippen LogP) is 4.06. The van der Waals surface area contributed by atoms with Crippen LogP contribution < -0.4 is 5.32 Å². The van der Waals surface area contributed by atoms with E-state index in [2.05, 4.69) is 15.5 Å². The van der Waals surface area contributed by atoms with E-state index in [0.29, 0.717) is 22.9 Å². The highest BCUT2D eigenvalue weighted by atomic mass is 19.1. The van der Waals surface area contributed by atoms with Gasteiger partial charge in [-0.2, -0.15) is 5.10 Å². The molecule has 3 N–H and O–H groups in total. The number of H-pyrrole nitrogens is 1. The lowest BCUT2D eigenvalue weighted by molar-refractivity contribution is 0.0922. The van der Waals surface area contributed by atoms with Crippen LogP contribution in [-0.4, -0.2) is 27.3 Å². The van der Waals surface area contributed by atoms with E-state index >= 15 is 0 Å². The van der Waals surface area contributed by atoms with Gasteiger partial charge in [0, 0.05) is 11.6 Å². The first-order chi connectivity index (χ1) is 13.6. The van der Waals surface area contributed by atoms with Gasteiger partial charge in [-0.25, -0.2) is 4.39 Å². The number of halogens is 1. The number of hydrogen-bond acceptors (Lipinski definition) is 3. The molecule has 3 aromatic rings. The smallest absolute Gasteiger partial charge is 0.269 e. The highest BCUT2D eigenvalue weighted by molar-refractivity contribution is 5.93. The number of nitrogens with zero attached hydrogens (tertiary/aromatic N) is 1. The second kappa shape index (κ2) is 7.84. The van der Waals surface area contributed by atoms with Crippen LogP contribution in [0, 0.1) is 11.7 Å². The first-order valence-corrected chi connectivity index (χ1v) is 9.49. The number of hydrogen-bond donors (Lipinski definition) is 3. The van der Waals surface area contributed by atoms with E-state index in [1.165, 1.54) is 12.1 Å². The SMILES string of the molecule is O=C(NC1CCCC1Cc1ccc(F)cc1)c1cc(-c2ccccc2O)n[nH]1. The Morgan fingerprint density at radius 2 is 1.96 bits per heavy atom. The minimum Gasteiger partial charge on any atom is -0.507 e. The molecule has 2 aromatic carbocycles. The van der Waals surface area contributed by atoms with Gasteiger partial charge in [0.05, 0.1) is 5.69 Å². The van der Waals surface area contributed by atoms with E-state index in [4.69, 9.17) is 0 Å². The van der Waals surface area contributed by atoms with E-state index in [9.17, 15) is 14.3 Å². The third kappa shape index (κ3) is 3.91. The highest BCUT2D eigenvalue weighted by Gasteiger charge is 2.29. The van der Waals surface area contributed by atoms with Crippen LogP contribution in [0.3, 0.4) is 0 Å². The average Bonchev–Trinajstić information content (AvgIpc) is 3.34. The molecule has 0 radical (unpaired) electrons. The molecule has 0 saturated heterocycles. The maximum absolute atomic E-state index is 13.1.